The van der Waals surface area contributed by atoms with Crippen LogP contribution < -0.4 is 0 Å². The minimum absolute atomic E-state index is 0.0521. The highest BCUT2D eigenvalue weighted by Crippen LogP contribution is 2.37. The zero-order valence-electron chi connectivity index (χ0n) is 15.2. The van der Waals surface area contributed by atoms with Crippen LogP contribution in [0.15, 0.2) is 72.9 Å². The maximum atomic E-state index is 6.14. The van der Waals surface area contributed by atoms with Crippen LogP contribution in [0.2, 0.25) is 10.0 Å². The van der Waals surface area contributed by atoms with E-state index in [4.69, 9.17) is 28.2 Å². The molecule has 0 atom stereocenters. The second kappa shape index (κ2) is 7.34. The van der Waals surface area contributed by atoms with E-state index >= 15 is 0 Å². The molecule has 0 aliphatic rings. The molecular weight excluding hydrogens is 373 g/mol. The molecule has 3 heteroatoms. The van der Waals surface area contributed by atoms with Gasteiger partial charge in [-0.25, -0.2) is 0 Å². The van der Waals surface area contributed by atoms with Gasteiger partial charge in [0.25, 0.3) is 0 Å². The highest BCUT2D eigenvalue weighted by Gasteiger charge is 2.21. The Bertz CT molecular complexity index is 1050. The van der Waals surface area contributed by atoms with Gasteiger partial charge >= 0.3 is 0 Å². The topological polar surface area (TPSA) is 12.9 Å². The lowest BCUT2D eigenvalue weighted by Gasteiger charge is -2.21. The molecule has 3 aromatic carbocycles. The van der Waals surface area contributed by atoms with Gasteiger partial charge in [-0.1, -0.05) is 59.1 Å². The largest absolute Gasteiger partial charge is 0.256 e. The van der Waals surface area contributed by atoms with Crippen LogP contribution in [0, 0.1) is 13.8 Å². The summed E-state index contributed by atoms with van der Waals surface area (Å²) in [6.07, 6.45) is 1.89. The fourth-order valence-corrected chi connectivity index (χ4v) is 3.90. The van der Waals surface area contributed by atoms with E-state index in [1.165, 1.54) is 33.2 Å². The van der Waals surface area contributed by atoms with Gasteiger partial charge in [-0.05, 0) is 72.5 Å². The summed E-state index contributed by atoms with van der Waals surface area (Å²) in [5.41, 5.74) is 7.04. The minimum Gasteiger partial charge on any atom is -0.256 e. The van der Waals surface area contributed by atoms with Crippen molar-refractivity contribution in [2.75, 3.05) is 0 Å². The van der Waals surface area contributed by atoms with Gasteiger partial charge in [0, 0.05) is 27.5 Å². The molecule has 1 aromatic heterocycles. The maximum Gasteiger partial charge on any atom is 0.0746 e. The Balaban J connectivity index is 2.02. The molecule has 4 aromatic rings. The highest BCUT2D eigenvalue weighted by atomic mass is 35.5. The van der Waals surface area contributed by atoms with Crippen molar-refractivity contribution < 1.29 is 0 Å². The van der Waals surface area contributed by atoms with Gasteiger partial charge in [0.2, 0.25) is 0 Å². The molecule has 0 amide bonds. The second-order valence-electron chi connectivity index (χ2n) is 6.91. The minimum atomic E-state index is 0.0521. The molecule has 27 heavy (non-hydrogen) atoms. The fraction of sp³-hybridized carbons (Fsp3) is 0.125. The van der Waals surface area contributed by atoms with Crippen molar-refractivity contribution in [1.82, 2.24) is 4.98 Å². The molecule has 0 radical (unpaired) electrons. The molecule has 0 spiro atoms. The fourth-order valence-electron chi connectivity index (χ4n) is 3.65. The van der Waals surface area contributed by atoms with Crippen LogP contribution in [-0.2, 0) is 0 Å². The number of nitrogens with zero attached hydrogens (tertiary/aromatic N) is 1. The van der Waals surface area contributed by atoms with Gasteiger partial charge in [-0.15, -0.1) is 0 Å². The summed E-state index contributed by atoms with van der Waals surface area (Å²) in [6.45, 7) is 4.27. The van der Waals surface area contributed by atoms with E-state index < -0.39 is 0 Å². The number of hydrogen-bond acceptors (Lipinski definition) is 1. The van der Waals surface area contributed by atoms with Gasteiger partial charge in [0.05, 0.1) is 5.52 Å². The molecule has 0 saturated carbocycles. The highest BCUT2D eigenvalue weighted by molar-refractivity contribution is 6.30. The summed E-state index contributed by atoms with van der Waals surface area (Å²) in [5.74, 6) is 0.0521. The second-order valence-corrected chi connectivity index (χ2v) is 7.79. The lowest BCUT2D eigenvalue weighted by atomic mass is 9.83. The Labute approximate surface area is 169 Å². The number of aryl methyl sites for hydroxylation is 2. The van der Waals surface area contributed by atoms with Gasteiger partial charge in [-0.2, -0.15) is 0 Å². The number of pyridine rings is 1. The molecule has 1 nitrogen and oxygen atoms in total. The molecule has 0 saturated heterocycles. The van der Waals surface area contributed by atoms with Crippen molar-refractivity contribution in [3.8, 4) is 0 Å². The summed E-state index contributed by atoms with van der Waals surface area (Å²) in [5, 5.41) is 2.66. The average molecular weight is 392 g/mol. The number of halogens is 2. The number of rotatable bonds is 3. The van der Waals surface area contributed by atoms with Crippen LogP contribution in [0.5, 0.6) is 0 Å². The van der Waals surface area contributed by atoms with E-state index in [9.17, 15) is 0 Å². The van der Waals surface area contributed by atoms with Gasteiger partial charge < -0.3 is 0 Å². The molecule has 0 aliphatic carbocycles. The molecule has 0 bridgehead atoms. The third kappa shape index (κ3) is 3.58. The monoisotopic (exact) mass is 391 g/mol. The predicted octanol–water partition coefficient (Wildman–Crippen LogP) is 7.34. The van der Waals surface area contributed by atoms with Crippen molar-refractivity contribution in [2.24, 2.45) is 0 Å². The van der Waals surface area contributed by atoms with E-state index in [0.717, 1.165) is 15.6 Å². The average Bonchev–Trinajstić information content (AvgIpc) is 2.66. The number of fused-ring (bicyclic) bond motifs is 1. The first-order chi connectivity index (χ1) is 13.0. The Hall–Kier alpha value is -2.35. The van der Waals surface area contributed by atoms with Crippen LogP contribution in [0.3, 0.4) is 0 Å². The van der Waals surface area contributed by atoms with Crippen molar-refractivity contribution >= 4 is 34.1 Å². The quantitative estimate of drug-likeness (QED) is 0.333. The lowest BCUT2D eigenvalue weighted by molar-refractivity contribution is 0.980. The first-order valence-corrected chi connectivity index (χ1v) is 9.65. The van der Waals surface area contributed by atoms with E-state index in [2.05, 4.69) is 56.3 Å². The van der Waals surface area contributed by atoms with Crippen molar-refractivity contribution in [3.05, 3.63) is 111 Å². The van der Waals surface area contributed by atoms with Crippen molar-refractivity contribution in [3.63, 3.8) is 0 Å². The van der Waals surface area contributed by atoms with E-state index in [0.29, 0.717) is 0 Å². The molecule has 1 heterocycles. The van der Waals surface area contributed by atoms with E-state index in [-0.39, 0.29) is 5.92 Å². The SMILES string of the molecule is Cc1cc(C(c2ccc(Cl)cc2)c2ccc(Cl)cc2)c2nccc(C)c2c1. The van der Waals surface area contributed by atoms with E-state index in [1.807, 2.05) is 30.5 Å². The summed E-state index contributed by atoms with van der Waals surface area (Å²) in [7, 11) is 0. The van der Waals surface area contributed by atoms with Crippen LogP contribution in [0.1, 0.15) is 33.7 Å². The van der Waals surface area contributed by atoms with Gasteiger partial charge in [-0.3, -0.25) is 4.98 Å². The maximum absolute atomic E-state index is 6.14. The Morgan fingerprint density at radius 1 is 0.741 bits per heavy atom. The summed E-state index contributed by atoms with van der Waals surface area (Å²) in [4.78, 5) is 4.74. The first-order valence-electron chi connectivity index (χ1n) is 8.90. The van der Waals surface area contributed by atoms with Crippen LogP contribution in [0.4, 0.5) is 0 Å². The van der Waals surface area contributed by atoms with E-state index in [1.54, 1.807) is 0 Å². The lowest BCUT2D eigenvalue weighted by Crippen LogP contribution is -2.06. The van der Waals surface area contributed by atoms with Gasteiger partial charge in [0.15, 0.2) is 0 Å². The van der Waals surface area contributed by atoms with Crippen molar-refractivity contribution in [1.29, 1.82) is 0 Å². The molecule has 4 rings (SSSR count). The molecule has 0 fully saturated rings. The van der Waals surface area contributed by atoms with Crippen LogP contribution in [0.25, 0.3) is 10.9 Å². The summed E-state index contributed by atoms with van der Waals surface area (Å²) >= 11 is 12.3. The zero-order chi connectivity index (χ0) is 19.0. The van der Waals surface area contributed by atoms with Gasteiger partial charge in [0.1, 0.15) is 0 Å². The first kappa shape index (κ1) is 18.0. The predicted molar refractivity (Wildman–Crippen MR) is 115 cm³/mol. The molecule has 134 valence electrons. The smallest absolute Gasteiger partial charge is 0.0746 e. The zero-order valence-corrected chi connectivity index (χ0v) is 16.7. The number of benzene rings is 3. The molecular formula is C24H19Cl2N. The Morgan fingerprint density at radius 3 is 1.85 bits per heavy atom. The molecule has 0 N–H and O–H groups in total. The molecule has 0 aliphatic heterocycles. The van der Waals surface area contributed by atoms with Crippen LogP contribution >= 0.6 is 23.2 Å². The summed E-state index contributed by atoms with van der Waals surface area (Å²) < 4.78 is 0. The Kier molecular flexibility index (Phi) is 4.90. The Morgan fingerprint density at radius 2 is 1.30 bits per heavy atom. The number of aromatic nitrogens is 1. The third-order valence-electron chi connectivity index (χ3n) is 4.95. The van der Waals surface area contributed by atoms with Crippen molar-refractivity contribution in [2.45, 2.75) is 19.8 Å². The standard InChI is InChI=1S/C24H19Cl2N/c1-15-13-21-16(2)11-12-27-24(21)22(14-15)23(17-3-7-19(25)8-4-17)18-5-9-20(26)10-6-18/h3-14,23H,1-2H3. The normalized spacial score (nSPS) is 11.3. The third-order valence-corrected chi connectivity index (χ3v) is 5.46. The summed E-state index contributed by atoms with van der Waals surface area (Å²) in [6, 6.07) is 22.6. The number of hydrogen-bond donors (Lipinski definition) is 0. The van der Waals surface area contributed by atoms with Crippen LogP contribution in [-0.4, -0.2) is 4.98 Å². The molecule has 0 unspecified atom stereocenters.